The fraction of sp³-hybridized carbons (Fsp3) is 0.219. The van der Waals surface area contributed by atoms with E-state index in [-0.39, 0.29) is 0 Å². The fourth-order valence-electron chi connectivity index (χ4n) is 6.33. The Morgan fingerprint density at radius 2 is 1.62 bits per heavy atom. The Morgan fingerprint density at radius 3 is 2.35 bits per heavy atom. The van der Waals surface area contributed by atoms with Gasteiger partial charge in [0.15, 0.2) is 0 Å². The predicted molar refractivity (Wildman–Crippen MR) is 151 cm³/mol. The summed E-state index contributed by atoms with van der Waals surface area (Å²) in [6.07, 6.45) is 10.8. The lowest BCUT2D eigenvalue weighted by Crippen LogP contribution is -2.60. The van der Waals surface area contributed by atoms with Crippen molar-refractivity contribution < 1.29 is 9.51 Å². The van der Waals surface area contributed by atoms with Gasteiger partial charge in [-0.05, 0) is 73.1 Å². The fourth-order valence-corrected chi connectivity index (χ4v) is 6.33. The number of rotatable bonds is 5. The highest BCUT2D eigenvalue weighted by molar-refractivity contribution is 5.93. The molecule has 4 heterocycles. The highest BCUT2D eigenvalue weighted by Gasteiger charge is 2.59. The molecule has 0 unspecified atom stereocenters. The van der Waals surface area contributed by atoms with Crippen LogP contribution in [0.2, 0.25) is 0 Å². The SMILES string of the molecule is NC1(c2ccc(-n3nc(-c4ncccn4)[n+]4ccc5ncc(-c6ccccc6)cc5c34)cc2)CC(O)(C2CC2)C1. The van der Waals surface area contributed by atoms with Gasteiger partial charge in [0.2, 0.25) is 5.82 Å². The summed E-state index contributed by atoms with van der Waals surface area (Å²) < 4.78 is 3.95. The van der Waals surface area contributed by atoms with Gasteiger partial charge in [-0.1, -0.05) is 47.1 Å². The van der Waals surface area contributed by atoms with Crippen molar-refractivity contribution >= 4 is 16.6 Å². The topological polar surface area (TPSA) is 107 Å². The van der Waals surface area contributed by atoms with Crippen molar-refractivity contribution in [3.05, 3.63) is 103 Å². The van der Waals surface area contributed by atoms with Crippen LogP contribution in [0.15, 0.2) is 97.6 Å². The number of pyridine rings is 2. The van der Waals surface area contributed by atoms with Gasteiger partial charge >= 0.3 is 5.82 Å². The van der Waals surface area contributed by atoms with Crippen molar-refractivity contribution in [2.75, 3.05) is 0 Å². The van der Waals surface area contributed by atoms with Crippen molar-refractivity contribution in [3.63, 3.8) is 0 Å². The summed E-state index contributed by atoms with van der Waals surface area (Å²) in [5, 5.41) is 16.9. The van der Waals surface area contributed by atoms with Crippen LogP contribution in [0.1, 0.15) is 31.2 Å². The maximum Gasteiger partial charge on any atom is 0.351 e. The van der Waals surface area contributed by atoms with E-state index < -0.39 is 11.1 Å². The lowest BCUT2D eigenvalue weighted by Gasteiger charge is -2.52. The van der Waals surface area contributed by atoms with Gasteiger partial charge < -0.3 is 10.8 Å². The molecule has 2 fully saturated rings. The monoisotopic (exact) mass is 526 g/mol. The minimum atomic E-state index is -0.602. The van der Waals surface area contributed by atoms with Crippen LogP contribution < -0.4 is 10.1 Å². The molecule has 2 aliphatic carbocycles. The second kappa shape index (κ2) is 8.48. The number of aliphatic hydroxyl groups is 1. The van der Waals surface area contributed by atoms with E-state index in [2.05, 4.69) is 40.3 Å². The molecule has 0 saturated heterocycles. The molecule has 0 spiro atoms. The quantitative estimate of drug-likeness (QED) is 0.323. The summed E-state index contributed by atoms with van der Waals surface area (Å²) in [5.41, 5.74) is 11.4. The lowest BCUT2D eigenvalue weighted by atomic mass is 9.60. The zero-order valence-corrected chi connectivity index (χ0v) is 21.9. The second-order valence-corrected chi connectivity index (χ2v) is 11.3. The summed E-state index contributed by atoms with van der Waals surface area (Å²) in [4.78, 5) is 13.8. The van der Waals surface area contributed by atoms with E-state index in [0.29, 0.717) is 30.4 Å². The van der Waals surface area contributed by atoms with Gasteiger partial charge in [-0.3, -0.25) is 4.98 Å². The number of hydrogen-bond acceptors (Lipinski definition) is 6. The van der Waals surface area contributed by atoms with E-state index >= 15 is 0 Å². The molecule has 3 N–H and O–H groups in total. The third kappa shape index (κ3) is 3.64. The van der Waals surface area contributed by atoms with Crippen LogP contribution in [-0.2, 0) is 5.54 Å². The van der Waals surface area contributed by atoms with Crippen LogP contribution in [0.3, 0.4) is 0 Å². The normalized spacial score (nSPS) is 22.4. The minimum Gasteiger partial charge on any atom is -0.389 e. The number of benzene rings is 2. The number of hydrogen-bond donors (Lipinski definition) is 2. The lowest BCUT2D eigenvalue weighted by molar-refractivity contribution is -0.499. The molecule has 2 aliphatic rings. The average Bonchev–Trinajstić information content (AvgIpc) is 3.78. The first-order chi connectivity index (χ1) is 19.5. The second-order valence-electron chi connectivity index (χ2n) is 11.3. The standard InChI is InChI=1S/C32H28N7O/c33-31(19-32(40,20-31)24-7-8-24)23-9-11-25(12-10-23)39-30-26-17-22(21-5-2-1-3-6-21)18-36-27(26)13-16-38(30)29(37-39)28-34-14-4-15-35-28/h1-6,9-18,24,40H,7-8,19-20,33H2/q+1. The van der Waals surface area contributed by atoms with Gasteiger partial charge in [0.1, 0.15) is 5.69 Å². The molecular weight excluding hydrogens is 498 g/mol. The van der Waals surface area contributed by atoms with Gasteiger partial charge in [-0.15, -0.1) is 0 Å². The van der Waals surface area contributed by atoms with Crippen molar-refractivity contribution in [2.24, 2.45) is 11.7 Å². The summed E-state index contributed by atoms with van der Waals surface area (Å²) in [6.45, 7) is 0. The maximum absolute atomic E-state index is 10.9. The van der Waals surface area contributed by atoms with Gasteiger partial charge in [0, 0.05) is 29.7 Å². The molecule has 0 bridgehead atoms. The van der Waals surface area contributed by atoms with Crippen molar-refractivity contribution in [1.29, 1.82) is 0 Å². The van der Waals surface area contributed by atoms with E-state index in [1.54, 1.807) is 18.5 Å². The van der Waals surface area contributed by atoms with Crippen LogP contribution in [0.5, 0.6) is 0 Å². The van der Waals surface area contributed by atoms with Crippen LogP contribution in [0, 0.1) is 5.92 Å². The molecule has 8 nitrogen and oxygen atoms in total. The third-order valence-corrected chi connectivity index (χ3v) is 8.53. The molecule has 0 atom stereocenters. The number of fused-ring (bicyclic) bond motifs is 3. The predicted octanol–water partition coefficient (Wildman–Crippen LogP) is 4.37. The van der Waals surface area contributed by atoms with Gasteiger partial charge in [0.25, 0.3) is 5.65 Å². The molecular formula is C32H28N7O+. The van der Waals surface area contributed by atoms with Crippen molar-refractivity contribution in [2.45, 2.75) is 36.8 Å². The van der Waals surface area contributed by atoms with Crippen LogP contribution in [-0.4, -0.2) is 35.4 Å². The Hall–Kier alpha value is -4.53. The minimum absolute atomic E-state index is 0.414. The summed E-state index contributed by atoms with van der Waals surface area (Å²) in [7, 11) is 0. The first kappa shape index (κ1) is 23.4. The van der Waals surface area contributed by atoms with E-state index in [1.807, 2.05) is 57.9 Å². The van der Waals surface area contributed by atoms with Crippen molar-refractivity contribution in [1.82, 2.24) is 24.7 Å². The van der Waals surface area contributed by atoms with Gasteiger partial charge in [-0.25, -0.2) is 9.97 Å². The first-order valence-corrected chi connectivity index (χ1v) is 13.7. The molecule has 2 saturated carbocycles. The zero-order valence-electron chi connectivity index (χ0n) is 21.9. The highest BCUT2D eigenvalue weighted by Crippen LogP contribution is 2.57. The third-order valence-electron chi connectivity index (χ3n) is 8.53. The molecule has 8 rings (SSSR count). The summed E-state index contributed by atoms with van der Waals surface area (Å²) >= 11 is 0. The Labute approximate surface area is 230 Å². The van der Waals surface area contributed by atoms with Gasteiger partial charge in [-0.2, -0.15) is 4.40 Å². The zero-order chi connectivity index (χ0) is 26.9. The molecule has 2 aromatic carbocycles. The molecule has 196 valence electrons. The number of nitrogens with zero attached hydrogens (tertiary/aromatic N) is 6. The number of nitrogens with two attached hydrogens (primary N) is 1. The van der Waals surface area contributed by atoms with Crippen LogP contribution in [0.4, 0.5) is 0 Å². The van der Waals surface area contributed by atoms with E-state index in [9.17, 15) is 5.11 Å². The molecule has 40 heavy (non-hydrogen) atoms. The maximum atomic E-state index is 10.9. The largest absolute Gasteiger partial charge is 0.389 e. The average molecular weight is 527 g/mol. The Bertz CT molecular complexity index is 1870. The molecule has 4 aromatic heterocycles. The molecule has 0 radical (unpaired) electrons. The molecule has 8 heteroatoms. The molecule has 6 aromatic rings. The summed E-state index contributed by atoms with van der Waals surface area (Å²) in [5.74, 6) is 1.59. The smallest absolute Gasteiger partial charge is 0.351 e. The Kier molecular flexibility index (Phi) is 4.96. The first-order valence-electron chi connectivity index (χ1n) is 13.7. The van der Waals surface area contributed by atoms with E-state index in [1.165, 1.54) is 0 Å². The van der Waals surface area contributed by atoms with E-state index in [0.717, 1.165) is 51.8 Å². The van der Waals surface area contributed by atoms with Gasteiger partial charge in [0.05, 0.1) is 27.8 Å². The summed E-state index contributed by atoms with van der Waals surface area (Å²) in [6, 6.07) is 24.4. The Balaban J connectivity index is 1.28. The number of aromatic nitrogens is 6. The van der Waals surface area contributed by atoms with Crippen LogP contribution in [0.25, 0.3) is 45.0 Å². The molecule has 0 amide bonds. The molecule has 0 aliphatic heterocycles. The van der Waals surface area contributed by atoms with E-state index in [4.69, 9.17) is 15.8 Å². The van der Waals surface area contributed by atoms with Crippen molar-refractivity contribution in [3.8, 4) is 28.5 Å². The Morgan fingerprint density at radius 1 is 0.875 bits per heavy atom. The highest BCUT2D eigenvalue weighted by atomic mass is 16.3. The van der Waals surface area contributed by atoms with Crippen LogP contribution >= 0.6 is 0 Å².